The highest BCUT2D eigenvalue weighted by atomic mass is 32.1. The molecule has 1 N–H and O–H groups in total. The van der Waals surface area contributed by atoms with Crippen LogP contribution in [0.1, 0.15) is 10.4 Å². The number of amides is 3. The van der Waals surface area contributed by atoms with E-state index in [2.05, 4.69) is 15.3 Å². The summed E-state index contributed by atoms with van der Waals surface area (Å²) in [6, 6.07) is -0.376. The molecule has 0 atom stereocenters. The highest BCUT2D eigenvalue weighted by Gasteiger charge is 2.26. The van der Waals surface area contributed by atoms with Crippen LogP contribution in [0.3, 0.4) is 0 Å². The molecule has 7 nitrogen and oxygen atoms in total. The Labute approximate surface area is 124 Å². The maximum atomic E-state index is 12.0. The fourth-order valence-electron chi connectivity index (χ4n) is 2.18. The van der Waals surface area contributed by atoms with Crippen LogP contribution in [0.25, 0.3) is 10.2 Å². The van der Waals surface area contributed by atoms with Crippen LogP contribution in [0, 0.1) is 13.8 Å². The molecule has 1 aliphatic heterocycles. The van der Waals surface area contributed by atoms with Gasteiger partial charge in [-0.1, -0.05) is 0 Å². The summed E-state index contributed by atoms with van der Waals surface area (Å²) in [5, 5.41) is 3.41. The Balaban J connectivity index is 1.79. The first-order valence-electron chi connectivity index (χ1n) is 6.49. The van der Waals surface area contributed by atoms with Gasteiger partial charge in [0.15, 0.2) is 6.61 Å². The smallest absolute Gasteiger partial charge is 0.324 e. The van der Waals surface area contributed by atoms with Crippen molar-refractivity contribution in [3.05, 3.63) is 16.8 Å². The summed E-state index contributed by atoms with van der Waals surface area (Å²) in [7, 11) is 0. The van der Waals surface area contributed by atoms with Crippen LogP contribution in [0.4, 0.5) is 4.79 Å². The average molecular weight is 306 g/mol. The number of aryl methyl sites for hydroxylation is 2. The van der Waals surface area contributed by atoms with E-state index in [9.17, 15) is 9.59 Å². The molecule has 3 heterocycles. The molecular formula is C13H14N4O3S. The van der Waals surface area contributed by atoms with E-state index < -0.39 is 0 Å². The van der Waals surface area contributed by atoms with Crippen molar-refractivity contribution in [3.8, 4) is 5.88 Å². The molecule has 0 radical (unpaired) electrons. The minimum atomic E-state index is -0.376. The molecule has 1 aliphatic rings. The van der Waals surface area contributed by atoms with Gasteiger partial charge >= 0.3 is 6.03 Å². The van der Waals surface area contributed by atoms with Crippen molar-refractivity contribution in [1.29, 1.82) is 0 Å². The predicted octanol–water partition coefficient (Wildman–Crippen LogP) is 1.24. The number of thiophene rings is 1. The molecule has 8 heteroatoms. The Hall–Kier alpha value is -2.22. The number of nitrogens with one attached hydrogen (secondary N) is 1. The van der Waals surface area contributed by atoms with Crippen LogP contribution in [-0.4, -0.2) is 46.5 Å². The molecule has 0 aliphatic carbocycles. The number of urea groups is 1. The number of hydrogen-bond acceptors (Lipinski definition) is 6. The fraction of sp³-hybridized carbons (Fsp3) is 0.385. The first-order chi connectivity index (χ1) is 10.1. The Morgan fingerprint density at radius 3 is 3.00 bits per heavy atom. The summed E-state index contributed by atoms with van der Waals surface area (Å²) >= 11 is 1.56. The van der Waals surface area contributed by atoms with Gasteiger partial charge in [0.2, 0.25) is 5.88 Å². The Kier molecular flexibility index (Phi) is 3.46. The lowest BCUT2D eigenvalue weighted by Crippen LogP contribution is -2.37. The first-order valence-corrected chi connectivity index (χ1v) is 7.31. The summed E-state index contributed by atoms with van der Waals surface area (Å²) in [6.45, 7) is 4.61. The molecule has 110 valence electrons. The second-order valence-electron chi connectivity index (χ2n) is 4.71. The van der Waals surface area contributed by atoms with Gasteiger partial charge in [-0.15, -0.1) is 11.3 Å². The van der Waals surface area contributed by atoms with E-state index in [1.54, 1.807) is 11.3 Å². The Morgan fingerprint density at radius 2 is 2.29 bits per heavy atom. The van der Waals surface area contributed by atoms with E-state index in [4.69, 9.17) is 4.74 Å². The van der Waals surface area contributed by atoms with Crippen LogP contribution in [-0.2, 0) is 4.79 Å². The molecule has 3 rings (SSSR count). The monoisotopic (exact) mass is 306 g/mol. The van der Waals surface area contributed by atoms with Crippen LogP contribution in [0.15, 0.2) is 6.33 Å². The predicted molar refractivity (Wildman–Crippen MR) is 77.5 cm³/mol. The second kappa shape index (κ2) is 5.28. The van der Waals surface area contributed by atoms with Gasteiger partial charge < -0.3 is 10.1 Å². The van der Waals surface area contributed by atoms with E-state index in [0.717, 1.165) is 25.6 Å². The summed E-state index contributed by atoms with van der Waals surface area (Å²) in [5.74, 6) is 0.0103. The number of carbonyl (C=O) groups is 2. The summed E-state index contributed by atoms with van der Waals surface area (Å²) in [5.41, 5.74) is 1.05. The van der Waals surface area contributed by atoms with Crippen molar-refractivity contribution in [2.75, 3.05) is 19.7 Å². The van der Waals surface area contributed by atoms with E-state index in [1.807, 2.05) is 13.8 Å². The SMILES string of the molecule is Cc1sc2ncnc(OCC(=O)N3CCNC3=O)c2c1C. The van der Waals surface area contributed by atoms with Gasteiger partial charge in [-0.3, -0.25) is 9.69 Å². The maximum absolute atomic E-state index is 12.0. The molecule has 21 heavy (non-hydrogen) atoms. The van der Waals surface area contributed by atoms with Crippen molar-refractivity contribution >= 4 is 33.5 Å². The fourth-order valence-corrected chi connectivity index (χ4v) is 3.16. The Morgan fingerprint density at radius 1 is 1.48 bits per heavy atom. The molecule has 3 amide bonds. The number of imide groups is 1. The topological polar surface area (TPSA) is 84.4 Å². The van der Waals surface area contributed by atoms with Crippen LogP contribution in [0.5, 0.6) is 5.88 Å². The molecule has 1 saturated heterocycles. The lowest BCUT2D eigenvalue weighted by molar-refractivity contribution is -0.129. The summed E-state index contributed by atoms with van der Waals surface area (Å²) in [4.78, 5) is 34.8. The van der Waals surface area contributed by atoms with Gasteiger partial charge in [-0.25, -0.2) is 14.8 Å². The summed E-state index contributed by atoms with van der Waals surface area (Å²) in [6.07, 6.45) is 1.42. The number of nitrogens with zero attached hydrogens (tertiary/aromatic N) is 3. The highest BCUT2D eigenvalue weighted by molar-refractivity contribution is 7.18. The number of ether oxygens (including phenoxy) is 1. The van der Waals surface area contributed by atoms with Crippen molar-refractivity contribution in [3.63, 3.8) is 0 Å². The largest absolute Gasteiger partial charge is 0.467 e. The van der Waals surface area contributed by atoms with E-state index in [-0.39, 0.29) is 18.5 Å². The third-order valence-electron chi connectivity index (χ3n) is 3.42. The highest BCUT2D eigenvalue weighted by Crippen LogP contribution is 2.33. The molecule has 0 saturated carbocycles. The number of aromatic nitrogens is 2. The molecule has 0 spiro atoms. The van der Waals surface area contributed by atoms with Crippen LogP contribution < -0.4 is 10.1 Å². The van der Waals surface area contributed by atoms with Gasteiger partial charge in [-0.2, -0.15) is 0 Å². The molecule has 0 aromatic carbocycles. The maximum Gasteiger partial charge on any atom is 0.324 e. The van der Waals surface area contributed by atoms with Gasteiger partial charge in [-0.05, 0) is 19.4 Å². The van der Waals surface area contributed by atoms with Crippen molar-refractivity contribution < 1.29 is 14.3 Å². The van der Waals surface area contributed by atoms with E-state index >= 15 is 0 Å². The molecular weight excluding hydrogens is 292 g/mol. The minimum absolute atomic E-state index is 0.214. The summed E-state index contributed by atoms with van der Waals surface area (Å²) < 4.78 is 5.52. The lowest BCUT2D eigenvalue weighted by Gasteiger charge is -2.12. The van der Waals surface area contributed by atoms with Gasteiger partial charge in [0.25, 0.3) is 5.91 Å². The zero-order chi connectivity index (χ0) is 15.0. The number of fused-ring (bicyclic) bond motifs is 1. The first kappa shape index (κ1) is 13.7. The normalized spacial score (nSPS) is 14.6. The zero-order valence-electron chi connectivity index (χ0n) is 11.7. The number of rotatable bonds is 3. The molecule has 2 aromatic heterocycles. The number of hydrogen-bond donors (Lipinski definition) is 1. The average Bonchev–Trinajstić information content (AvgIpc) is 3.01. The van der Waals surface area contributed by atoms with Gasteiger partial charge in [0.05, 0.1) is 5.39 Å². The van der Waals surface area contributed by atoms with Crippen molar-refractivity contribution in [1.82, 2.24) is 20.2 Å². The zero-order valence-corrected chi connectivity index (χ0v) is 12.5. The standard InChI is InChI=1S/C13H14N4O3S/c1-7-8(2)21-12-10(7)11(15-6-16-12)20-5-9(18)17-4-3-14-13(17)19/h6H,3-5H2,1-2H3,(H,14,19). The molecule has 2 aromatic rings. The number of carbonyl (C=O) groups excluding carboxylic acids is 2. The van der Waals surface area contributed by atoms with Gasteiger partial charge in [0, 0.05) is 18.0 Å². The van der Waals surface area contributed by atoms with E-state index in [0.29, 0.717) is 19.0 Å². The quantitative estimate of drug-likeness (QED) is 0.922. The second-order valence-corrected chi connectivity index (χ2v) is 5.91. The lowest BCUT2D eigenvalue weighted by atomic mass is 10.2. The third-order valence-corrected chi connectivity index (χ3v) is 4.54. The molecule has 1 fully saturated rings. The molecule has 0 bridgehead atoms. The van der Waals surface area contributed by atoms with Crippen molar-refractivity contribution in [2.45, 2.75) is 13.8 Å². The minimum Gasteiger partial charge on any atom is -0.467 e. The van der Waals surface area contributed by atoms with Crippen LogP contribution >= 0.6 is 11.3 Å². The van der Waals surface area contributed by atoms with Crippen molar-refractivity contribution in [2.24, 2.45) is 0 Å². The van der Waals surface area contributed by atoms with Crippen LogP contribution in [0.2, 0.25) is 0 Å². The molecule has 0 unspecified atom stereocenters. The van der Waals surface area contributed by atoms with E-state index in [1.165, 1.54) is 6.33 Å². The third kappa shape index (κ3) is 2.42. The van der Waals surface area contributed by atoms with Gasteiger partial charge in [0.1, 0.15) is 11.2 Å². The Bertz CT molecular complexity index is 728.